The quantitative estimate of drug-likeness (QED) is 0.664. The van der Waals surface area contributed by atoms with Crippen molar-refractivity contribution in [3.05, 3.63) is 59.7 Å². The van der Waals surface area contributed by atoms with E-state index in [4.69, 9.17) is 15.2 Å². The Morgan fingerprint density at radius 1 is 1.23 bits per heavy atom. The summed E-state index contributed by atoms with van der Waals surface area (Å²) in [5.74, 6) is -0.760. The highest BCUT2D eigenvalue weighted by molar-refractivity contribution is 8.01. The van der Waals surface area contributed by atoms with Crippen LogP contribution in [0.25, 0.3) is 0 Å². The topological polar surface area (TPSA) is 61.6 Å². The van der Waals surface area contributed by atoms with Gasteiger partial charge in [-0.1, -0.05) is 48.6 Å². The van der Waals surface area contributed by atoms with E-state index < -0.39 is 16.9 Å². The normalized spacial score (nSPS) is 21.2. The monoisotopic (exact) mass is 391 g/mol. The van der Waals surface area contributed by atoms with Crippen LogP contribution in [0.1, 0.15) is 30.1 Å². The molecule has 0 radical (unpaired) electrons. The van der Waals surface area contributed by atoms with Crippen LogP contribution in [0.2, 0.25) is 0 Å². The number of rotatable bonds is 8. The molecule has 1 aromatic rings. The molecule has 1 aliphatic carbocycles. The average Bonchev–Trinajstić information content (AvgIpc) is 3.12. The molecule has 26 heavy (non-hydrogen) atoms. The van der Waals surface area contributed by atoms with E-state index in [1.54, 1.807) is 0 Å². The number of ether oxygens (including phenoxy) is 2. The number of nitrogens with two attached hydrogens (primary N) is 1. The van der Waals surface area contributed by atoms with E-state index in [1.807, 2.05) is 30.3 Å². The molecule has 1 amide bonds. The van der Waals surface area contributed by atoms with Crippen LogP contribution >= 0.6 is 24.4 Å². The van der Waals surface area contributed by atoms with Crippen LogP contribution in [0.3, 0.4) is 0 Å². The number of allylic oxidation sites excluding steroid dienone is 3. The van der Waals surface area contributed by atoms with Gasteiger partial charge in [-0.2, -0.15) is 12.6 Å². The fourth-order valence-electron chi connectivity index (χ4n) is 3.28. The van der Waals surface area contributed by atoms with Crippen LogP contribution in [0, 0.1) is 0 Å². The van der Waals surface area contributed by atoms with E-state index in [2.05, 4.69) is 30.9 Å². The molecule has 140 valence electrons. The first kappa shape index (κ1) is 19.5. The van der Waals surface area contributed by atoms with Gasteiger partial charge in [0.1, 0.15) is 5.25 Å². The highest BCUT2D eigenvalue weighted by Gasteiger charge is 2.48. The van der Waals surface area contributed by atoms with Gasteiger partial charge in [0.25, 0.3) is 0 Å². The molecule has 1 unspecified atom stereocenters. The summed E-state index contributed by atoms with van der Waals surface area (Å²) in [5.41, 5.74) is 8.00. The van der Waals surface area contributed by atoms with Crippen LogP contribution in [0.15, 0.2) is 54.1 Å². The maximum atomic E-state index is 12.3. The molecule has 2 N–H and O–H groups in total. The van der Waals surface area contributed by atoms with E-state index in [0.717, 1.165) is 24.0 Å². The molecule has 0 aromatic heterocycles. The Balaban J connectivity index is 1.72. The third-order valence-electron chi connectivity index (χ3n) is 4.56. The highest BCUT2D eigenvalue weighted by Crippen LogP contribution is 2.39. The van der Waals surface area contributed by atoms with Crippen LogP contribution in [0.5, 0.6) is 0 Å². The lowest BCUT2D eigenvalue weighted by Crippen LogP contribution is -2.49. The molecule has 0 bridgehead atoms. The zero-order chi connectivity index (χ0) is 18.4. The maximum Gasteiger partial charge on any atom is 0.236 e. The number of carbonyl (C=O) groups is 1. The number of hydrogen-bond donors (Lipinski definition) is 2. The Morgan fingerprint density at radius 3 is 2.58 bits per heavy atom. The lowest BCUT2D eigenvalue weighted by Gasteiger charge is -2.34. The summed E-state index contributed by atoms with van der Waals surface area (Å²) >= 11 is 6.15. The predicted molar refractivity (Wildman–Crippen MR) is 109 cm³/mol. The van der Waals surface area contributed by atoms with Gasteiger partial charge in [0, 0.05) is 17.4 Å². The van der Waals surface area contributed by atoms with Crippen molar-refractivity contribution in [1.82, 2.24) is 0 Å². The summed E-state index contributed by atoms with van der Waals surface area (Å²) in [7, 11) is 0. The molecule has 0 spiro atoms. The van der Waals surface area contributed by atoms with Crippen molar-refractivity contribution < 1.29 is 14.3 Å². The van der Waals surface area contributed by atoms with Crippen LogP contribution in [-0.4, -0.2) is 35.9 Å². The average molecular weight is 392 g/mol. The second kappa shape index (κ2) is 9.13. The van der Waals surface area contributed by atoms with Crippen LogP contribution in [0.4, 0.5) is 0 Å². The maximum absolute atomic E-state index is 12.3. The number of carbonyl (C=O) groups excluding carboxylic acids is 1. The lowest BCUT2D eigenvalue weighted by atomic mass is 9.97. The Bertz CT molecular complexity index is 669. The van der Waals surface area contributed by atoms with Gasteiger partial charge in [0.05, 0.1) is 13.2 Å². The minimum Gasteiger partial charge on any atom is -0.369 e. The molecule has 1 aliphatic heterocycles. The summed E-state index contributed by atoms with van der Waals surface area (Å²) < 4.78 is 11.9. The first-order valence-electron chi connectivity index (χ1n) is 8.88. The molecule has 0 saturated carbocycles. The summed E-state index contributed by atoms with van der Waals surface area (Å²) in [4.78, 5) is 12.3. The third-order valence-corrected chi connectivity index (χ3v) is 6.74. The summed E-state index contributed by atoms with van der Waals surface area (Å²) in [6.07, 6.45) is 9.00. The molecule has 3 rings (SSSR count). The first-order valence-corrected chi connectivity index (χ1v) is 10.4. The number of thiol groups is 1. The van der Waals surface area contributed by atoms with Gasteiger partial charge in [-0.25, -0.2) is 0 Å². The number of thioether (sulfide) groups is 1. The molecule has 1 aromatic carbocycles. The van der Waals surface area contributed by atoms with E-state index in [1.165, 1.54) is 11.8 Å². The molecule has 2 aliphatic rings. The molecule has 4 nitrogen and oxygen atoms in total. The Hall–Kier alpha value is -1.21. The largest absolute Gasteiger partial charge is 0.369 e. The van der Waals surface area contributed by atoms with Gasteiger partial charge in [0.15, 0.2) is 5.79 Å². The Morgan fingerprint density at radius 2 is 1.96 bits per heavy atom. The fraction of sp³-hybridized carbons (Fsp3) is 0.450. The number of amides is 1. The summed E-state index contributed by atoms with van der Waals surface area (Å²) in [5, 5.41) is -0.574. The molecule has 1 heterocycles. The van der Waals surface area contributed by atoms with Crippen LogP contribution in [-0.2, 0) is 14.3 Å². The number of primary amides is 1. The van der Waals surface area contributed by atoms with E-state index >= 15 is 0 Å². The van der Waals surface area contributed by atoms with E-state index in [9.17, 15) is 4.79 Å². The third kappa shape index (κ3) is 4.74. The van der Waals surface area contributed by atoms with Gasteiger partial charge in [-0.3, -0.25) is 4.79 Å². The fourth-order valence-corrected chi connectivity index (χ4v) is 4.92. The minimum atomic E-state index is -0.992. The second-order valence-corrected chi connectivity index (χ2v) is 8.25. The SMILES string of the molecule is NC(=O)[C@H](SCC(S)c1ccccc1)C1(CC2=CCCC=C2)OCCO1. The van der Waals surface area contributed by atoms with Crippen LogP contribution < -0.4 is 5.73 Å². The summed E-state index contributed by atoms with van der Waals surface area (Å²) in [6, 6.07) is 10.0. The minimum absolute atomic E-state index is 0.00953. The second-order valence-electron chi connectivity index (χ2n) is 6.49. The zero-order valence-electron chi connectivity index (χ0n) is 14.7. The molecule has 2 atom stereocenters. The van der Waals surface area contributed by atoms with Crippen molar-refractivity contribution in [1.29, 1.82) is 0 Å². The molecular formula is C20H25NO3S2. The standard InChI is InChI=1S/C20H25NO3S2/c21-19(22)18(26-14-17(25)16-9-5-2-6-10-16)20(23-11-12-24-20)13-15-7-3-1-4-8-15/h2-3,5-10,17-18,25H,1,4,11-14H2,(H2,21,22)/t17?,18-/m0/s1. The zero-order valence-corrected chi connectivity index (χ0v) is 16.4. The van der Waals surface area contributed by atoms with Crippen molar-refractivity contribution in [3.63, 3.8) is 0 Å². The first-order chi connectivity index (χ1) is 12.6. The van der Waals surface area contributed by atoms with Crippen molar-refractivity contribution >= 4 is 30.3 Å². The van der Waals surface area contributed by atoms with Gasteiger partial charge in [0.2, 0.25) is 5.91 Å². The smallest absolute Gasteiger partial charge is 0.236 e. The number of benzene rings is 1. The highest BCUT2D eigenvalue weighted by atomic mass is 32.2. The molecule has 6 heteroatoms. The Labute approximate surface area is 164 Å². The van der Waals surface area contributed by atoms with Gasteiger partial charge in [-0.05, 0) is 24.0 Å². The summed E-state index contributed by atoms with van der Waals surface area (Å²) in [6.45, 7) is 0.953. The van der Waals surface area contributed by atoms with Crippen molar-refractivity contribution in [2.75, 3.05) is 19.0 Å². The van der Waals surface area contributed by atoms with Crippen molar-refractivity contribution in [2.24, 2.45) is 5.73 Å². The lowest BCUT2D eigenvalue weighted by molar-refractivity contribution is -0.163. The van der Waals surface area contributed by atoms with Crippen molar-refractivity contribution in [2.45, 2.75) is 35.5 Å². The molecule has 1 saturated heterocycles. The van der Waals surface area contributed by atoms with Gasteiger partial charge < -0.3 is 15.2 Å². The molecular weight excluding hydrogens is 366 g/mol. The van der Waals surface area contributed by atoms with Gasteiger partial charge >= 0.3 is 0 Å². The van der Waals surface area contributed by atoms with E-state index in [-0.39, 0.29) is 5.25 Å². The Kier molecular flexibility index (Phi) is 6.86. The number of hydrogen-bond acceptors (Lipinski definition) is 5. The van der Waals surface area contributed by atoms with Gasteiger partial charge in [-0.15, -0.1) is 11.8 Å². The van der Waals surface area contributed by atoms with E-state index in [0.29, 0.717) is 25.4 Å². The predicted octanol–water partition coefficient (Wildman–Crippen LogP) is 3.65. The van der Waals surface area contributed by atoms with Crippen molar-refractivity contribution in [3.8, 4) is 0 Å². The molecule has 1 fully saturated rings.